The first kappa shape index (κ1) is 12.8. The van der Waals surface area contributed by atoms with E-state index in [2.05, 4.69) is 20.8 Å². The molecule has 0 radical (unpaired) electrons. The van der Waals surface area contributed by atoms with Crippen LogP contribution < -0.4 is 0 Å². The van der Waals surface area contributed by atoms with Crippen molar-refractivity contribution in [3.8, 4) is 0 Å². The van der Waals surface area contributed by atoms with Crippen molar-refractivity contribution in [2.45, 2.75) is 31.4 Å². The highest BCUT2D eigenvalue weighted by atomic mass is 79.9. The second-order valence-corrected chi connectivity index (χ2v) is 6.67. The van der Waals surface area contributed by atoms with Gasteiger partial charge < -0.3 is 4.74 Å². The van der Waals surface area contributed by atoms with E-state index in [0.29, 0.717) is 18.7 Å². The average molecular weight is 330 g/mol. The van der Waals surface area contributed by atoms with Gasteiger partial charge in [0.05, 0.1) is 24.1 Å². The third-order valence-electron chi connectivity index (χ3n) is 3.81. The Bertz CT molecular complexity index is 448. The Kier molecular flexibility index (Phi) is 3.84. The molecule has 0 amide bonds. The molecule has 2 heterocycles. The number of ketones is 1. The van der Waals surface area contributed by atoms with Crippen LogP contribution in [-0.4, -0.2) is 42.5 Å². The van der Waals surface area contributed by atoms with Crippen molar-refractivity contribution >= 4 is 33.0 Å². The maximum Gasteiger partial charge on any atom is 0.187 e. The molecule has 2 fully saturated rings. The van der Waals surface area contributed by atoms with Crippen molar-refractivity contribution in [3.05, 3.63) is 20.8 Å². The second kappa shape index (κ2) is 5.41. The molecule has 1 aliphatic heterocycles. The summed E-state index contributed by atoms with van der Waals surface area (Å²) in [5.74, 6) is 0.226. The first-order valence-corrected chi connectivity index (χ1v) is 8.05. The van der Waals surface area contributed by atoms with Crippen LogP contribution in [-0.2, 0) is 4.74 Å². The lowest BCUT2D eigenvalue weighted by Gasteiger charge is -2.37. The van der Waals surface area contributed by atoms with Crippen LogP contribution in [0.2, 0.25) is 0 Å². The van der Waals surface area contributed by atoms with E-state index in [4.69, 9.17) is 4.74 Å². The van der Waals surface area contributed by atoms with Crippen LogP contribution in [0.1, 0.15) is 28.9 Å². The summed E-state index contributed by atoms with van der Waals surface area (Å²) in [4.78, 5) is 15.4. The summed E-state index contributed by atoms with van der Waals surface area (Å²) in [6, 6.07) is 2.40. The van der Waals surface area contributed by atoms with Gasteiger partial charge in [-0.05, 0) is 46.6 Å². The quantitative estimate of drug-likeness (QED) is 0.798. The van der Waals surface area contributed by atoms with Crippen LogP contribution in [0, 0.1) is 0 Å². The van der Waals surface area contributed by atoms with Crippen molar-refractivity contribution in [2.24, 2.45) is 0 Å². The summed E-state index contributed by atoms with van der Waals surface area (Å²) < 4.78 is 6.69. The number of hydrogen-bond donors (Lipinski definition) is 0. The molecule has 2 unspecified atom stereocenters. The van der Waals surface area contributed by atoms with Crippen molar-refractivity contribution in [1.29, 1.82) is 0 Å². The third kappa shape index (κ3) is 2.41. The van der Waals surface area contributed by atoms with E-state index < -0.39 is 0 Å². The summed E-state index contributed by atoms with van der Waals surface area (Å²) in [6.45, 7) is 2.18. The van der Waals surface area contributed by atoms with Gasteiger partial charge in [-0.2, -0.15) is 0 Å². The molecule has 1 aromatic heterocycles. The summed E-state index contributed by atoms with van der Waals surface area (Å²) in [5, 5.41) is 1.95. The van der Waals surface area contributed by atoms with E-state index in [1.807, 2.05) is 11.4 Å². The molecule has 3 nitrogen and oxygen atoms in total. The molecule has 0 aromatic carbocycles. The standard InChI is InChI=1S/C13H16BrNO2S/c14-9-4-7-18-13(9)11(16)8-15-5-6-17-12-3-1-2-10(12)15/h4,7,10,12H,1-3,5-6,8H2. The van der Waals surface area contributed by atoms with E-state index in [9.17, 15) is 4.79 Å². The number of fused-ring (bicyclic) bond motifs is 1. The molecule has 3 rings (SSSR count). The van der Waals surface area contributed by atoms with Gasteiger partial charge >= 0.3 is 0 Å². The SMILES string of the molecule is O=C(CN1CCOC2CCCC21)c1sccc1Br. The molecule has 5 heteroatoms. The van der Waals surface area contributed by atoms with E-state index in [0.717, 1.165) is 28.9 Å². The number of thiophene rings is 1. The highest BCUT2D eigenvalue weighted by Crippen LogP contribution is 2.30. The zero-order valence-electron chi connectivity index (χ0n) is 10.1. The Morgan fingerprint density at radius 3 is 3.22 bits per heavy atom. The molecule has 2 aliphatic rings. The first-order chi connectivity index (χ1) is 8.75. The highest BCUT2D eigenvalue weighted by molar-refractivity contribution is 9.10. The zero-order valence-corrected chi connectivity index (χ0v) is 12.5. The minimum atomic E-state index is 0.226. The van der Waals surface area contributed by atoms with Gasteiger partial charge in [0, 0.05) is 17.1 Å². The van der Waals surface area contributed by atoms with Gasteiger partial charge in [0.2, 0.25) is 0 Å². The molecular weight excluding hydrogens is 314 g/mol. The van der Waals surface area contributed by atoms with E-state index in [1.165, 1.54) is 24.2 Å². The summed E-state index contributed by atoms with van der Waals surface area (Å²) in [7, 11) is 0. The topological polar surface area (TPSA) is 29.5 Å². The lowest BCUT2D eigenvalue weighted by molar-refractivity contribution is -0.0522. The largest absolute Gasteiger partial charge is 0.375 e. The van der Waals surface area contributed by atoms with Gasteiger partial charge in [0.1, 0.15) is 0 Å². The smallest absolute Gasteiger partial charge is 0.187 e. The molecule has 98 valence electrons. The maximum absolute atomic E-state index is 12.3. The van der Waals surface area contributed by atoms with Gasteiger partial charge in [-0.25, -0.2) is 0 Å². The normalized spacial score (nSPS) is 28.3. The molecule has 18 heavy (non-hydrogen) atoms. The number of morpholine rings is 1. The van der Waals surface area contributed by atoms with Gasteiger partial charge in [0.15, 0.2) is 5.78 Å². The number of nitrogens with zero attached hydrogens (tertiary/aromatic N) is 1. The Morgan fingerprint density at radius 1 is 1.56 bits per heavy atom. The molecule has 0 bridgehead atoms. The Balaban J connectivity index is 1.69. The van der Waals surface area contributed by atoms with E-state index in [1.54, 1.807) is 0 Å². The fraction of sp³-hybridized carbons (Fsp3) is 0.615. The van der Waals surface area contributed by atoms with Crippen LogP contribution in [0.25, 0.3) is 0 Å². The monoisotopic (exact) mass is 329 g/mol. The fourth-order valence-corrected chi connectivity index (χ4v) is 4.48. The van der Waals surface area contributed by atoms with Gasteiger partial charge in [-0.3, -0.25) is 9.69 Å². The minimum absolute atomic E-state index is 0.226. The molecule has 0 N–H and O–H groups in total. The summed E-state index contributed by atoms with van der Waals surface area (Å²) in [6.07, 6.45) is 3.91. The van der Waals surface area contributed by atoms with Crippen molar-refractivity contribution in [3.63, 3.8) is 0 Å². The number of Topliss-reactive ketones (excluding diaryl/α,β-unsaturated/α-hetero) is 1. The average Bonchev–Trinajstić information content (AvgIpc) is 2.97. The lowest BCUT2D eigenvalue weighted by Crippen LogP contribution is -2.50. The van der Waals surface area contributed by atoms with Crippen molar-refractivity contribution in [1.82, 2.24) is 4.90 Å². The van der Waals surface area contributed by atoms with Crippen LogP contribution >= 0.6 is 27.3 Å². The molecule has 1 saturated carbocycles. The number of rotatable bonds is 3. The first-order valence-electron chi connectivity index (χ1n) is 6.37. The Hall–Kier alpha value is -0.230. The van der Waals surface area contributed by atoms with E-state index in [-0.39, 0.29) is 5.78 Å². The molecule has 1 aliphatic carbocycles. The summed E-state index contributed by atoms with van der Waals surface area (Å²) >= 11 is 4.95. The van der Waals surface area contributed by atoms with Gasteiger partial charge in [-0.15, -0.1) is 11.3 Å². The van der Waals surface area contributed by atoms with Gasteiger partial charge in [-0.1, -0.05) is 0 Å². The Labute approximate surface area is 119 Å². The van der Waals surface area contributed by atoms with Crippen LogP contribution in [0.3, 0.4) is 0 Å². The van der Waals surface area contributed by atoms with E-state index >= 15 is 0 Å². The fourth-order valence-electron chi connectivity index (χ4n) is 2.95. The predicted molar refractivity (Wildman–Crippen MR) is 75.3 cm³/mol. The van der Waals surface area contributed by atoms with Crippen LogP contribution in [0.5, 0.6) is 0 Å². The van der Waals surface area contributed by atoms with Gasteiger partial charge in [0.25, 0.3) is 0 Å². The molecular formula is C13H16BrNO2S. The molecule has 2 atom stereocenters. The number of carbonyl (C=O) groups is 1. The molecule has 0 spiro atoms. The predicted octanol–water partition coefficient (Wildman–Crippen LogP) is 2.95. The lowest BCUT2D eigenvalue weighted by atomic mass is 10.1. The maximum atomic E-state index is 12.3. The highest BCUT2D eigenvalue weighted by Gasteiger charge is 2.36. The Morgan fingerprint density at radius 2 is 2.44 bits per heavy atom. The summed E-state index contributed by atoms with van der Waals surface area (Å²) in [5.41, 5.74) is 0. The number of ether oxygens (including phenoxy) is 1. The third-order valence-corrected chi connectivity index (χ3v) is 5.69. The van der Waals surface area contributed by atoms with Crippen LogP contribution in [0.4, 0.5) is 0 Å². The number of halogens is 1. The number of hydrogen-bond acceptors (Lipinski definition) is 4. The molecule has 1 saturated heterocycles. The molecule has 1 aromatic rings. The van der Waals surface area contributed by atoms with Crippen molar-refractivity contribution < 1.29 is 9.53 Å². The minimum Gasteiger partial charge on any atom is -0.375 e. The van der Waals surface area contributed by atoms with Crippen LogP contribution in [0.15, 0.2) is 15.9 Å². The second-order valence-electron chi connectivity index (χ2n) is 4.90. The van der Waals surface area contributed by atoms with Crippen molar-refractivity contribution in [2.75, 3.05) is 19.7 Å². The zero-order chi connectivity index (χ0) is 12.5. The number of carbonyl (C=O) groups excluding carboxylic acids is 1.